The van der Waals surface area contributed by atoms with Crippen LogP contribution in [0.1, 0.15) is 28.2 Å². The second kappa shape index (κ2) is 8.43. The minimum atomic E-state index is -0.476. The van der Waals surface area contributed by atoms with Crippen molar-refractivity contribution >= 4 is 17.7 Å². The summed E-state index contributed by atoms with van der Waals surface area (Å²) in [6.07, 6.45) is -0.476. The summed E-state index contributed by atoms with van der Waals surface area (Å²) in [5, 5.41) is 3.29. The van der Waals surface area contributed by atoms with E-state index < -0.39 is 6.09 Å². The lowest BCUT2D eigenvalue weighted by molar-refractivity contribution is 0.144. The number of carbonyl (C=O) groups excluding carboxylic acids is 1. The number of alkyl carbamates (subject to hydrolysis) is 1. The number of hydrogen-bond donors (Lipinski definition) is 1. The summed E-state index contributed by atoms with van der Waals surface area (Å²) in [5.74, 6) is 5.92. The van der Waals surface area contributed by atoms with Crippen molar-refractivity contribution in [1.82, 2.24) is 5.32 Å². The quantitative estimate of drug-likeness (QED) is 0.585. The van der Waals surface area contributed by atoms with Crippen LogP contribution >= 0.6 is 11.6 Å². The monoisotopic (exact) mass is 401 g/mol. The maximum Gasteiger partial charge on any atom is 0.407 e. The van der Waals surface area contributed by atoms with Gasteiger partial charge in [-0.05, 0) is 46.9 Å². The minimum Gasteiger partial charge on any atom is -0.449 e. The van der Waals surface area contributed by atoms with E-state index >= 15 is 0 Å². The van der Waals surface area contributed by atoms with Crippen LogP contribution in [0, 0.1) is 18.8 Å². The molecule has 4 heteroatoms. The molecule has 0 bridgehead atoms. The zero-order chi connectivity index (χ0) is 20.2. The lowest BCUT2D eigenvalue weighted by atomic mass is 9.98. The summed E-state index contributed by atoms with van der Waals surface area (Å²) in [6.45, 7) is 2.46. The molecule has 0 fully saturated rings. The van der Waals surface area contributed by atoms with Gasteiger partial charge in [-0.25, -0.2) is 4.79 Å². The van der Waals surface area contributed by atoms with Crippen LogP contribution in [-0.2, 0) is 4.74 Å². The maximum atomic E-state index is 12.1. The third kappa shape index (κ3) is 4.13. The normalized spacial score (nSPS) is 11.8. The number of aryl methyl sites for hydroxylation is 1. The summed E-state index contributed by atoms with van der Waals surface area (Å²) in [6, 6.07) is 22.2. The molecule has 0 heterocycles. The first-order valence-electron chi connectivity index (χ1n) is 9.47. The highest BCUT2D eigenvalue weighted by Crippen LogP contribution is 2.44. The number of halogens is 1. The number of hydrogen-bond acceptors (Lipinski definition) is 2. The van der Waals surface area contributed by atoms with Gasteiger partial charge >= 0.3 is 6.09 Å². The van der Waals surface area contributed by atoms with Crippen LogP contribution in [0.4, 0.5) is 4.79 Å². The van der Waals surface area contributed by atoms with Crippen LogP contribution in [-0.4, -0.2) is 19.2 Å². The second-order valence-electron chi connectivity index (χ2n) is 6.96. The molecule has 0 saturated carbocycles. The molecule has 3 nitrogen and oxygen atoms in total. The van der Waals surface area contributed by atoms with Gasteiger partial charge < -0.3 is 10.1 Å². The Bertz CT molecular complexity index is 1080. The molecule has 0 radical (unpaired) electrons. The van der Waals surface area contributed by atoms with Gasteiger partial charge in [0.05, 0.1) is 11.6 Å². The summed E-state index contributed by atoms with van der Waals surface area (Å²) < 4.78 is 5.49. The zero-order valence-electron chi connectivity index (χ0n) is 16.0. The van der Waals surface area contributed by atoms with E-state index in [1.807, 2.05) is 49.4 Å². The summed E-state index contributed by atoms with van der Waals surface area (Å²) >= 11 is 6.16. The van der Waals surface area contributed by atoms with Gasteiger partial charge in [-0.1, -0.05) is 78.0 Å². The van der Waals surface area contributed by atoms with E-state index in [0.717, 1.165) is 11.1 Å². The Hall–Kier alpha value is -3.22. The summed E-state index contributed by atoms with van der Waals surface area (Å²) in [4.78, 5) is 12.1. The Morgan fingerprint density at radius 2 is 1.69 bits per heavy atom. The SMILES string of the molecule is Cc1ccc(C#CCNC(=O)OCC2c3ccccc3-c3ccccc32)c(Cl)c1. The Morgan fingerprint density at radius 3 is 2.34 bits per heavy atom. The van der Waals surface area contributed by atoms with E-state index in [-0.39, 0.29) is 19.1 Å². The Balaban J connectivity index is 1.35. The van der Waals surface area contributed by atoms with E-state index in [4.69, 9.17) is 16.3 Å². The Morgan fingerprint density at radius 1 is 1.03 bits per heavy atom. The third-order valence-electron chi connectivity index (χ3n) is 5.01. The van der Waals surface area contributed by atoms with Crippen molar-refractivity contribution < 1.29 is 9.53 Å². The fraction of sp³-hybridized carbons (Fsp3) is 0.160. The van der Waals surface area contributed by atoms with E-state index in [1.165, 1.54) is 22.3 Å². The molecule has 4 rings (SSSR count). The van der Waals surface area contributed by atoms with Crippen LogP contribution in [0.15, 0.2) is 66.7 Å². The average Bonchev–Trinajstić information content (AvgIpc) is 3.05. The largest absolute Gasteiger partial charge is 0.449 e. The lowest BCUT2D eigenvalue weighted by Crippen LogP contribution is -2.26. The molecule has 1 aliphatic rings. The number of nitrogens with one attached hydrogen (secondary N) is 1. The van der Waals surface area contributed by atoms with Gasteiger partial charge in [0.25, 0.3) is 0 Å². The number of benzene rings is 3. The number of fused-ring (bicyclic) bond motifs is 3. The first-order chi connectivity index (χ1) is 14.1. The summed E-state index contributed by atoms with van der Waals surface area (Å²) in [7, 11) is 0. The Labute approximate surface area is 175 Å². The van der Waals surface area contributed by atoms with Crippen molar-refractivity contribution in [2.75, 3.05) is 13.2 Å². The van der Waals surface area contributed by atoms with Crippen molar-refractivity contribution in [3.05, 3.63) is 94.0 Å². The first-order valence-corrected chi connectivity index (χ1v) is 9.85. The van der Waals surface area contributed by atoms with Gasteiger partial charge in [-0.2, -0.15) is 0 Å². The molecular weight excluding hydrogens is 382 g/mol. The smallest absolute Gasteiger partial charge is 0.407 e. The lowest BCUT2D eigenvalue weighted by Gasteiger charge is -2.14. The van der Waals surface area contributed by atoms with E-state index in [1.54, 1.807) is 0 Å². The molecule has 1 amide bonds. The highest BCUT2D eigenvalue weighted by molar-refractivity contribution is 6.31. The average molecular weight is 402 g/mol. The number of ether oxygens (including phenoxy) is 1. The van der Waals surface area contributed by atoms with Crippen molar-refractivity contribution in [2.24, 2.45) is 0 Å². The van der Waals surface area contributed by atoms with Gasteiger partial charge in [-0.3, -0.25) is 0 Å². The van der Waals surface area contributed by atoms with E-state index in [9.17, 15) is 4.79 Å². The topological polar surface area (TPSA) is 38.3 Å². The van der Waals surface area contributed by atoms with Crippen molar-refractivity contribution in [3.8, 4) is 23.0 Å². The zero-order valence-corrected chi connectivity index (χ0v) is 16.8. The van der Waals surface area contributed by atoms with Crippen LogP contribution < -0.4 is 5.32 Å². The van der Waals surface area contributed by atoms with Gasteiger partial charge in [-0.15, -0.1) is 0 Å². The highest BCUT2D eigenvalue weighted by atomic mass is 35.5. The van der Waals surface area contributed by atoms with Gasteiger partial charge in [0.15, 0.2) is 0 Å². The fourth-order valence-electron chi connectivity index (χ4n) is 3.63. The van der Waals surface area contributed by atoms with Crippen molar-refractivity contribution in [3.63, 3.8) is 0 Å². The fourth-order valence-corrected chi connectivity index (χ4v) is 3.91. The molecule has 1 aliphatic carbocycles. The van der Waals surface area contributed by atoms with Crippen LogP contribution in [0.25, 0.3) is 11.1 Å². The molecule has 0 aliphatic heterocycles. The molecule has 0 saturated heterocycles. The minimum absolute atomic E-state index is 0.0469. The van der Waals surface area contributed by atoms with E-state index in [0.29, 0.717) is 5.02 Å². The molecule has 29 heavy (non-hydrogen) atoms. The molecule has 0 aromatic heterocycles. The van der Waals surface area contributed by atoms with Crippen molar-refractivity contribution in [1.29, 1.82) is 0 Å². The van der Waals surface area contributed by atoms with Crippen LogP contribution in [0.3, 0.4) is 0 Å². The van der Waals surface area contributed by atoms with Crippen LogP contribution in [0.2, 0.25) is 5.02 Å². The standard InChI is InChI=1S/C25H20ClNO2/c1-17-12-13-18(24(26)15-17)7-6-14-27-25(28)29-16-23-21-10-4-2-8-19(21)20-9-3-5-11-22(20)23/h2-5,8-13,15,23H,14,16H2,1H3,(H,27,28). The second-order valence-corrected chi connectivity index (χ2v) is 7.37. The molecule has 144 valence electrons. The molecule has 0 unspecified atom stereocenters. The third-order valence-corrected chi connectivity index (χ3v) is 5.33. The molecular formula is C25H20ClNO2. The summed E-state index contributed by atoms with van der Waals surface area (Å²) in [5.41, 5.74) is 6.62. The molecule has 0 atom stereocenters. The Kier molecular flexibility index (Phi) is 5.55. The highest BCUT2D eigenvalue weighted by Gasteiger charge is 2.28. The van der Waals surface area contributed by atoms with Gasteiger partial charge in [0, 0.05) is 11.5 Å². The molecule has 3 aromatic carbocycles. The number of amides is 1. The van der Waals surface area contributed by atoms with Crippen LogP contribution in [0.5, 0.6) is 0 Å². The maximum absolute atomic E-state index is 12.1. The van der Waals surface area contributed by atoms with Crippen molar-refractivity contribution in [2.45, 2.75) is 12.8 Å². The predicted octanol–water partition coefficient (Wildman–Crippen LogP) is 5.54. The molecule has 1 N–H and O–H groups in total. The first kappa shape index (κ1) is 19.1. The van der Waals surface area contributed by atoms with Gasteiger partial charge in [0.1, 0.15) is 6.61 Å². The molecule has 0 spiro atoms. The predicted molar refractivity (Wildman–Crippen MR) is 116 cm³/mol. The van der Waals surface area contributed by atoms with Gasteiger partial charge in [0.2, 0.25) is 0 Å². The van der Waals surface area contributed by atoms with E-state index in [2.05, 4.69) is 41.4 Å². The number of carbonyl (C=O) groups is 1. The number of rotatable bonds is 3. The molecule has 3 aromatic rings.